The molecule has 2 heterocycles. The molecule has 0 spiro atoms. The lowest BCUT2D eigenvalue weighted by Gasteiger charge is -2.06. The van der Waals surface area contributed by atoms with Gasteiger partial charge in [-0.25, -0.2) is 4.79 Å². The molecule has 0 aliphatic carbocycles. The minimum absolute atomic E-state index is 0.176. The number of nitrogens with zero attached hydrogens (tertiary/aromatic N) is 1. The molecular formula is C13H14N2O3. The van der Waals surface area contributed by atoms with Gasteiger partial charge >= 0.3 is 5.97 Å². The molecule has 0 amide bonds. The highest BCUT2D eigenvalue weighted by Crippen LogP contribution is 2.15. The van der Waals surface area contributed by atoms with Crippen LogP contribution in [0.15, 0.2) is 23.3 Å². The topological polar surface area (TPSA) is 72.0 Å². The van der Waals surface area contributed by atoms with Crippen molar-refractivity contribution >= 4 is 16.7 Å². The monoisotopic (exact) mass is 246 g/mol. The average molecular weight is 246 g/mol. The van der Waals surface area contributed by atoms with Crippen LogP contribution in [0.3, 0.4) is 0 Å². The summed E-state index contributed by atoms with van der Waals surface area (Å²) in [5, 5.41) is 1.24. The summed E-state index contributed by atoms with van der Waals surface area (Å²) in [4.78, 5) is 30.0. The second-order valence-corrected chi connectivity index (χ2v) is 3.85. The van der Waals surface area contributed by atoms with Crippen molar-refractivity contribution in [2.45, 2.75) is 20.3 Å². The fraction of sp³-hybridized carbons (Fsp3) is 0.308. The number of fused-ring (bicyclic) bond motifs is 1. The van der Waals surface area contributed by atoms with Gasteiger partial charge in [-0.15, -0.1) is 0 Å². The van der Waals surface area contributed by atoms with Gasteiger partial charge in [0.2, 0.25) is 0 Å². The minimum Gasteiger partial charge on any atom is -0.461 e. The van der Waals surface area contributed by atoms with Crippen LogP contribution in [0.4, 0.5) is 0 Å². The number of aromatic nitrogens is 2. The number of hydrogen-bond acceptors (Lipinski definition) is 4. The fourth-order valence-electron chi connectivity index (χ4n) is 1.84. The predicted octanol–water partition coefficient (Wildman–Crippen LogP) is 1.66. The summed E-state index contributed by atoms with van der Waals surface area (Å²) in [5.74, 6) is -0.518. The van der Waals surface area contributed by atoms with E-state index in [2.05, 4.69) is 9.97 Å². The number of carbonyl (C=O) groups excluding carboxylic acids is 1. The number of aromatic amines is 1. The molecule has 0 saturated carbocycles. The van der Waals surface area contributed by atoms with Gasteiger partial charge in [0.15, 0.2) is 0 Å². The fourth-order valence-corrected chi connectivity index (χ4v) is 1.84. The second-order valence-electron chi connectivity index (χ2n) is 3.85. The van der Waals surface area contributed by atoms with Gasteiger partial charge in [-0.05, 0) is 30.4 Å². The van der Waals surface area contributed by atoms with Crippen LogP contribution < -0.4 is 5.56 Å². The Hall–Kier alpha value is -2.17. The van der Waals surface area contributed by atoms with Gasteiger partial charge in [-0.2, -0.15) is 0 Å². The summed E-state index contributed by atoms with van der Waals surface area (Å²) in [6, 6.07) is 1.65. The van der Waals surface area contributed by atoms with Crippen LogP contribution in [0.5, 0.6) is 0 Å². The van der Waals surface area contributed by atoms with Crippen LogP contribution in [0.25, 0.3) is 10.8 Å². The van der Waals surface area contributed by atoms with Gasteiger partial charge in [0, 0.05) is 12.4 Å². The highest BCUT2D eigenvalue weighted by atomic mass is 16.5. The number of aryl methyl sites for hydroxylation is 1. The number of carbonyl (C=O) groups is 1. The first kappa shape index (κ1) is 12.3. The molecule has 2 aromatic rings. The lowest BCUT2D eigenvalue weighted by molar-refractivity contribution is 0.0519. The van der Waals surface area contributed by atoms with Crippen molar-refractivity contribution in [3.63, 3.8) is 0 Å². The summed E-state index contributed by atoms with van der Waals surface area (Å²) in [6.07, 6.45) is 3.95. The summed E-state index contributed by atoms with van der Waals surface area (Å²) in [7, 11) is 0. The summed E-state index contributed by atoms with van der Waals surface area (Å²) < 4.78 is 4.88. The Kier molecular flexibility index (Phi) is 3.41. The molecule has 2 rings (SSSR count). The molecule has 0 aliphatic rings. The van der Waals surface area contributed by atoms with Crippen molar-refractivity contribution < 1.29 is 9.53 Å². The van der Waals surface area contributed by atoms with Crippen molar-refractivity contribution in [2.75, 3.05) is 6.61 Å². The van der Waals surface area contributed by atoms with E-state index in [-0.39, 0.29) is 17.9 Å². The molecule has 94 valence electrons. The molecule has 18 heavy (non-hydrogen) atoms. The van der Waals surface area contributed by atoms with Crippen molar-refractivity contribution in [1.82, 2.24) is 9.97 Å². The van der Waals surface area contributed by atoms with E-state index in [0.717, 1.165) is 17.4 Å². The zero-order valence-electron chi connectivity index (χ0n) is 10.3. The molecule has 0 bridgehead atoms. The summed E-state index contributed by atoms with van der Waals surface area (Å²) in [6.45, 7) is 3.97. The molecular weight excluding hydrogens is 232 g/mol. The third-order valence-electron chi connectivity index (χ3n) is 2.73. The van der Waals surface area contributed by atoms with Crippen LogP contribution in [0.1, 0.15) is 29.9 Å². The van der Waals surface area contributed by atoms with E-state index in [4.69, 9.17) is 4.74 Å². The van der Waals surface area contributed by atoms with Crippen molar-refractivity contribution in [1.29, 1.82) is 0 Å². The Bertz CT molecular complexity index is 646. The quantitative estimate of drug-likeness (QED) is 0.836. The lowest BCUT2D eigenvalue weighted by Crippen LogP contribution is -2.16. The molecule has 2 aromatic heterocycles. The molecule has 5 heteroatoms. The van der Waals surface area contributed by atoms with E-state index in [1.54, 1.807) is 19.2 Å². The highest BCUT2D eigenvalue weighted by molar-refractivity contribution is 5.93. The van der Waals surface area contributed by atoms with E-state index in [1.165, 1.54) is 6.20 Å². The number of hydrogen-bond donors (Lipinski definition) is 1. The highest BCUT2D eigenvalue weighted by Gasteiger charge is 2.12. The Morgan fingerprint density at radius 1 is 1.33 bits per heavy atom. The van der Waals surface area contributed by atoms with E-state index in [9.17, 15) is 9.59 Å². The molecule has 0 aromatic carbocycles. The minimum atomic E-state index is -0.518. The van der Waals surface area contributed by atoms with Crippen LogP contribution in [0, 0.1) is 0 Å². The zero-order chi connectivity index (χ0) is 13.1. The van der Waals surface area contributed by atoms with E-state index in [0.29, 0.717) is 5.39 Å². The third-order valence-corrected chi connectivity index (χ3v) is 2.73. The molecule has 0 saturated heterocycles. The van der Waals surface area contributed by atoms with Gasteiger partial charge in [0.05, 0.1) is 12.0 Å². The van der Waals surface area contributed by atoms with Crippen LogP contribution in [-0.2, 0) is 11.2 Å². The number of rotatable bonds is 3. The van der Waals surface area contributed by atoms with Gasteiger partial charge in [-0.3, -0.25) is 9.78 Å². The second kappa shape index (κ2) is 5.00. The van der Waals surface area contributed by atoms with Crippen molar-refractivity contribution in [3.8, 4) is 0 Å². The van der Waals surface area contributed by atoms with Crippen molar-refractivity contribution in [2.24, 2.45) is 0 Å². The summed E-state index contributed by atoms with van der Waals surface area (Å²) >= 11 is 0. The van der Waals surface area contributed by atoms with Gasteiger partial charge in [0.1, 0.15) is 5.69 Å². The maximum atomic E-state index is 11.9. The largest absolute Gasteiger partial charge is 0.461 e. The molecule has 0 radical (unpaired) electrons. The van der Waals surface area contributed by atoms with Gasteiger partial charge in [0.25, 0.3) is 5.56 Å². The Labute approximate surface area is 104 Å². The Morgan fingerprint density at radius 3 is 2.78 bits per heavy atom. The van der Waals surface area contributed by atoms with E-state index >= 15 is 0 Å². The Morgan fingerprint density at radius 2 is 2.11 bits per heavy atom. The first-order chi connectivity index (χ1) is 8.67. The number of ether oxygens (including phenoxy) is 1. The molecule has 0 aliphatic heterocycles. The van der Waals surface area contributed by atoms with Crippen molar-refractivity contribution in [3.05, 3.63) is 40.1 Å². The number of pyridine rings is 2. The number of nitrogens with one attached hydrogen (secondary N) is 1. The molecule has 5 nitrogen and oxygen atoms in total. The first-order valence-corrected chi connectivity index (χ1v) is 5.84. The van der Waals surface area contributed by atoms with Crippen LogP contribution in [0.2, 0.25) is 0 Å². The lowest BCUT2D eigenvalue weighted by atomic mass is 10.1. The maximum Gasteiger partial charge on any atom is 0.354 e. The van der Waals surface area contributed by atoms with Crippen LogP contribution >= 0.6 is 0 Å². The van der Waals surface area contributed by atoms with Gasteiger partial charge in [-0.1, -0.05) is 6.92 Å². The smallest absolute Gasteiger partial charge is 0.354 e. The Balaban J connectivity index is 2.67. The maximum absolute atomic E-state index is 11.9. The molecule has 1 N–H and O–H groups in total. The zero-order valence-corrected chi connectivity index (χ0v) is 10.3. The molecule has 0 fully saturated rings. The molecule has 0 unspecified atom stereocenters. The molecule has 0 atom stereocenters. The third kappa shape index (κ3) is 2.11. The summed E-state index contributed by atoms with van der Waals surface area (Å²) in [5.41, 5.74) is 0.790. The normalized spacial score (nSPS) is 10.6. The predicted molar refractivity (Wildman–Crippen MR) is 67.7 cm³/mol. The van der Waals surface area contributed by atoms with E-state index < -0.39 is 5.97 Å². The van der Waals surface area contributed by atoms with Crippen LogP contribution in [-0.4, -0.2) is 22.5 Å². The number of H-pyrrole nitrogens is 1. The van der Waals surface area contributed by atoms with E-state index in [1.807, 2.05) is 6.92 Å². The number of esters is 1. The first-order valence-electron chi connectivity index (χ1n) is 5.84. The van der Waals surface area contributed by atoms with Gasteiger partial charge < -0.3 is 9.72 Å². The standard InChI is InChI=1S/C13H14N2O3/c1-3-8-6-14-7-10-9(8)5-11(15-12(10)16)13(17)18-4-2/h5-7H,3-4H2,1-2H3,(H,15,16). The average Bonchev–Trinajstić information content (AvgIpc) is 2.38. The SMILES string of the molecule is CCOC(=O)c1cc2c(CC)cncc2c(=O)[nH]1.